The van der Waals surface area contributed by atoms with Gasteiger partial charge in [-0.3, -0.25) is 9.20 Å². The summed E-state index contributed by atoms with van der Waals surface area (Å²) in [5, 5.41) is 19.2. The Labute approximate surface area is 149 Å². The molecule has 0 aliphatic heterocycles. The van der Waals surface area contributed by atoms with Gasteiger partial charge in [0.05, 0.1) is 22.9 Å². The molecule has 0 unspecified atom stereocenters. The van der Waals surface area contributed by atoms with Crippen molar-refractivity contribution in [2.75, 3.05) is 11.1 Å². The standard InChI is InChI=1S/C16H10F3N5OS/c17-16(18,19)11-4-5-13-22-23-15(24(13)8-11)26-9-14(25)21-12-3-1-2-10(6-12)7-20/h1-6,8H,9H2,(H,21,25). The molecule has 1 aromatic carbocycles. The van der Waals surface area contributed by atoms with Crippen LogP contribution < -0.4 is 5.32 Å². The molecule has 0 atom stereocenters. The zero-order chi connectivity index (χ0) is 18.7. The predicted octanol–water partition coefficient (Wildman–Crippen LogP) is 3.35. The number of nitriles is 1. The number of aromatic nitrogens is 3. The van der Waals surface area contributed by atoms with Gasteiger partial charge in [0.25, 0.3) is 0 Å². The Balaban J connectivity index is 1.71. The Morgan fingerprint density at radius 1 is 1.27 bits per heavy atom. The van der Waals surface area contributed by atoms with Crippen LogP contribution in [0, 0.1) is 11.3 Å². The van der Waals surface area contributed by atoms with Crippen LogP contribution in [0.15, 0.2) is 47.8 Å². The predicted molar refractivity (Wildman–Crippen MR) is 88.5 cm³/mol. The summed E-state index contributed by atoms with van der Waals surface area (Å²) in [5.41, 5.74) is 0.283. The first-order valence-electron chi connectivity index (χ1n) is 7.21. The van der Waals surface area contributed by atoms with E-state index in [1.165, 1.54) is 16.5 Å². The number of rotatable bonds is 4. The summed E-state index contributed by atoms with van der Waals surface area (Å²) in [4.78, 5) is 12.0. The van der Waals surface area contributed by atoms with Crippen LogP contribution in [0.25, 0.3) is 5.65 Å². The molecule has 3 rings (SSSR count). The number of hydrogen-bond donors (Lipinski definition) is 1. The average Bonchev–Trinajstić information content (AvgIpc) is 3.01. The lowest BCUT2D eigenvalue weighted by Gasteiger charge is -2.07. The first-order chi connectivity index (χ1) is 12.4. The van der Waals surface area contributed by atoms with Gasteiger partial charge in [-0.15, -0.1) is 10.2 Å². The van der Waals surface area contributed by atoms with Crippen molar-refractivity contribution in [2.45, 2.75) is 11.3 Å². The van der Waals surface area contributed by atoms with Crippen molar-refractivity contribution in [2.24, 2.45) is 0 Å². The van der Waals surface area contributed by atoms with Gasteiger partial charge in [0.15, 0.2) is 10.8 Å². The van der Waals surface area contributed by atoms with Crippen LogP contribution >= 0.6 is 11.8 Å². The van der Waals surface area contributed by atoms with E-state index in [-0.39, 0.29) is 22.5 Å². The number of nitrogens with zero attached hydrogens (tertiary/aromatic N) is 4. The molecule has 0 radical (unpaired) electrons. The van der Waals surface area contributed by atoms with Crippen LogP contribution in [0.1, 0.15) is 11.1 Å². The van der Waals surface area contributed by atoms with Gasteiger partial charge in [-0.05, 0) is 30.3 Å². The number of halogens is 3. The average molecular weight is 377 g/mol. The summed E-state index contributed by atoms with van der Waals surface area (Å²) < 4.78 is 39.7. The van der Waals surface area contributed by atoms with Gasteiger partial charge in [-0.2, -0.15) is 18.4 Å². The van der Waals surface area contributed by atoms with Crippen LogP contribution in [0.2, 0.25) is 0 Å². The van der Waals surface area contributed by atoms with E-state index in [1.807, 2.05) is 6.07 Å². The largest absolute Gasteiger partial charge is 0.417 e. The maximum atomic E-state index is 12.8. The molecule has 0 bridgehead atoms. The maximum absolute atomic E-state index is 12.8. The highest BCUT2D eigenvalue weighted by Crippen LogP contribution is 2.30. The Morgan fingerprint density at radius 2 is 2.08 bits per heavy atom. The highest BCUT2D eigenvalue weighted by Gasteiger charge is 2.31. The fourth-order valence-electron chi connectivity index (χ4n) is 2.13. The fourth-order valence-corrected chi connectivity index (χ4v) is 2.85. The summed E-state index contributed by atoms with van der Waals surface area (Å²) in [6.45, 7) is 0. The number of fused-ring (bicyclic) bond motifs is 1. The molecule has 0 aliphatic rings. The molecule has 6 nitrogen and oxygen atoms in total. The monoisotopic (exact) mass is 377 g/mol. The van der Waals surface area contributed by atoms with Gasteiger partial charge in [0, 0.05) is 11.9 Å². The van der Waals surface area contributed by atoms with Crippen LogP contribution in [0.5, 0.6) is 0 Å². The second-order valence-corrected chi connectivity index (χ2v) is 6.10. The third-order valence-corrected chi connectivity index (χ3v) is 4.25. The number of nitrogens with one attached hydrogen (secondary N) is 1. The molecule has 0 spiro atoms. The quantitative estimate of drug-likeness (QED) is 0.705. The SMILES string of the molecule is N#Cc1cccc(NC(=O)CSc2nnc3ccc(C(F)(F)F)cn23)c1. The number of amides is 1. The van der Waals surface area contributed by atoms with Crippen LogP contribution in [0.4, 0.5) is 18.9 Å². The van der Waals surface area contributed by atoms with E-state index in [9.17, 15) is 18.0 Å². The Hall–Kier alpha value is -3.06. The normalized spacial score (nSPS) is 11.3. The van der Waals surface area contributed by atoms with Crippen molar-refractivity contribution >= 4 is 29.0 Å². The van der Waals surface area contributed by atoms with Gasteiger partial charge in [0.2, 0.25) is 5.91 Å². The second kappa shape index (κ2) is 7.05. The third kappa shape index (κ3) is 3.94. The van der Waals surface area contributed by atoms with Crippen molar-refractivity contribution in [3.05, 3.63) is 53.7 Å². The lowest BCUT2D eigenvalue weighted by molar-refractivity contribution is -0.137. The lowest BCUT2D eigenvalue weighted by Crippen LogP contribution is -2.14. The summed E-state index contributed by atoms with van der Waals surface area (Å²) in [6, 6.07) is 10.5. The van der Waals surface area contributed by atoms with Crippen molar-refractivity contribution in [3.8, 4) is 6.07 Å². The maximum Gasteiger partial charge on any atom is 0.417 e. The Kier molecular flexibility index (Phi) is 4.81. The molecule has 132 valence electrons. The van der Waals surface area contributed by atoms with E-state index >= 15 is 0 Å². The number of anilines is 1. The summed E-state index contributed by atoms with van der Waals surface area (Å²) >= 11 is 0.958. The molecule has 2 heterocycles. The molecule has 26 heavy (non-hydrogen) atoms. The zero-order valence-corrected chi connectivity index (χ0v) is 13.8. The molecule has 3 aromatic rings. The third-order valence-electron chi connectivity index (χ3n) is 3.31. The number of benzene rings is 1. The van der Waals surface area contributed by atoms with Crippen molar-refractivity contribution in [3.63, 3.8) is 0 Å². The van der Waals surface area contributed by atoms with Gasteiger partial charge in [0.1, 0.15) is 0 Å². The Bertz CT molecular complexity index is 1010. The van der Waals surface area contributed by atoms with Crippen LogP contribution in [-0.4, -0.2) is 26.3 Å². The molecule has 2 aromatic heterocycles. The highest BCUT2D eigenvalue weighted by atomic mass is 32.2. The highest BCUT2D eigenvalue weighted by molar-refractivity contribution is 7.99. The first-order valence-corrected chi connectivity index (χ1v) is 8.20. The molecule has 1 N–H and O–H groups in total. The topological polar surface area (TPSA) is 83.1 Å². The zero-order valence-electron chi connectivity index (χ0n) is 13.0. The Morgan fingerprint density at radius 3 is 2.81 bits per heavy atom. The molecular weight excluding hydrogens is 367 g/mol. The van der Waals surface area contributed by atoms with Crippen molar-refractivity contribution in [1.82, 2.24) is 14.6 Å². The second-order valence-electron chi connectivity index (χ2n) is 5.16. The number of alkyl halides is 3. The minimum atomic E-state index is -4.48. The van der Waals surface area contributed by atoms with E-state index < -0.39 is 11.7 Å². The van der Waals surface area contributed by atoms with Crippen LogP contribution in [-0.2, 0) is 11.0 Å². The van der Waals surface area contributed by atoms with E-state index in [1.54, 1.807) is 18.2 Å². The van der Waals surface area contributed by atoms with E-state index in [4.69, 9.17) is 5.26 Å². The van der Waals surface area contributed by atoms with Gasteiger partial charge < -0.3 is 5.32 Å². The number of carbonyl (C=O) groups is 1. The molecule has 0 aliphatic carbocycles. The molecule has 1 amide bonds. The summed E-state index contributed by atoms with van der Waals surface area (Å²) in [5.74, 6) is -0.456. The first kappa shape index (κ1) is 17.8. The number of thioether (sulfide) groups is 1. The molecule has 0 fully saturated rings. The minimum Gasteiger partial charge on any atom is -0.325 e. The molecule has 0 saturated carbocycles. The van der Waals surface area contributed by atoms with Gasteiger partial charge >= 0.3 is 6.18 Å². The summed E-state index contributed by atoms with van der Waals surface area (Å²) in [7, 11) is 0. The van der Waals surface area contributed by atoms with Crippen molar-refractivity contribution in [1.29, 1.82) is 5.26 Å². The van der Waals surface area contributed by atoms with Gasteiger partial charge in [-0.25, -0.2) is 0 Å². The molecule has 10 heteroatoms. The molecular formula is C16H10F3N5OS. The molecule has 0 saturated heterocycles. The van der Waals surface area contributed by atoms with E-state index in [0.717, 1.165) is 24.0 Å². The van der Waals surface area contributed by atoms with Crippen molar-refractivity contribution < 1.29 is 18.0 Å². The van der Waals surface area contributed by atoms with Crippen LogP contribution in [0.3, 0.4) is 0 Å². The van der Waals surface area contributed by atoms with Gasteiger partial charge in [-0.1, -0.05) is 17.8 Å². The fraction of sp³-hybridized carbons (Fsp3) is 0.125. The van der Waals surface area contributed by atoms with E-state index in [0.29, 0.717) is 11.3 Å². The minimum absolute atomic E-state index is 0.0756. The number of pyridine rings is 1. The number of hydrogen-bond acceptors (Lipinski definition) is 5. The lowest BCUT2D eigenvalue weighted by atomic mass is 10.2. The number of carbonyl (C=O) groups excluding carboxylic acids is 1. The summed E-state index contributed by atoms with van der Waals surface area (Å²) in [6.07, 6.45) is -3.59. The smallest absolute Gasteiger partial charge is 0.325 e. The van der Waals surface area contributed by atoms with E-state index in [2.05, 4.69) is 15.5 Å².